The van der Waals surface area contributed by atoms with Gasteiger partial charge in [0.15, 0.2) is 0 Å². The molecule has 1 aromatic carbocycles. The smallest absolute Gasteiger partial charge is 0.329 e. The van der Waals surface area contributed by atoms with Crippen LogP contribution in [0.4, 0.5) is 15.8 Å². The fourth-order valence-corrected chi connectivity index (χ4v) is 1.73. The van der Waals surface area contributed by atoms with Crippen molar-refractivity contribution in [1.29, 1.82) is 0 Å². The Labute approximate surface area is 106 Å². The monoisotopic (exact) mass is 274 g/mol. The van der Waals surface area contributed by atoms with Crippen LogP contribution in [0.3, 0.4) is 0 Å². The molecule has 0 bridgehead atoms. The number of carboxylic acids is 1. The molecular weight excluding hydrogens is 267 g/mol. The van der Waals surface area contributed by atoms with Crippen LogP contribution in [0.15, 0.2) is 12.1 Å². The summed E-state index contributed by atoms with van der Waals surface area (Å²) in [7, 11) is 0. The molecule has 0 saturated heterocycles. The third-order valence-electron chi connectivity index (χ3n) is 2.77. The molecule has 2 rings (SSSR count). The Morgan fingerprint density at radius 2 is 2.17 bits per heavy atom. The number of anilines is 1. The van der Waals surface area contributed by atoms with Crippen LogP contribution in [0.1, 0.15) is 12.8 Å². The van der Waals surface area contributed by atoms with Crippen LogP contribution < -0.4 is 5.32 Å². The Morgan fingerprint density at radius 1 is 1.56 bits per heavy atom. The normalized spacial score (nSPS) is 16.1. The van der Waals surface area contributed by atoms with E-state index in [2.05, 4.69) is 5.32 Å². The topological polar surface area (TPSA) is 92.5 Å². The van der Waals surface area contributed by atoms with Crippen molar-refractivity contribution < 1.29 is 19.2 Å². The Bertz CT molecular complexity index is 545. The minimum atomic E-state index is -1.20. The Balaban J connectivity index is 2.41. The maximum atomic E-state index is 13.1. The number of benzene rings is 1. The number of aliphatic carboxylic acids is 1. The quantitative estimate of drug-likeness (QED) is 0.650. The van der Waals surface area contributed by atoms with Crippen molar-refractivity contribution in [3.05, 3.63) is 33.1 Å². The first-order valence-electron chi connectivity index (χ1n) is 5.01. The van der Waals surface area contributed by atoms with Gasteiger partial charge < -0.3 is 10.4 Å². The van der Waals surface area contributed by atoms with Crippen molar-refractivity contribution in [2.24, 2.45) is 0 Å². The van der Waals surface area contributed by atoms with E-state index < -0.39 is 27.9 Å². The number of nitro groups is 1. The van der Waals surface area contributed by atoms with Gasteiger partial charge in [0, 0.05) is 0 Å². The van der Waals surface area contributed by atoms with Gasteiger partial charge in [-0.3, -0.25) is 10.1 Å². The summed E-state index contributed by atoms with van der Waals surface area (Å²) in [5, 5.41) is 22.0. The third-order valence-corrected chi connectivity index (χ3v) is 3.06. The molecule has 0 aliphatic heterocycles. The highest BCUT2D eigenvalue weighted by Gasteiger charge is 2.51. The first-order chi connectivity index (χ1) is 8.35. The molecular formula is C10H8ClFN2O4. The summed E-state index contributed by atoms with van der Waals surface area (Å²) in [5.74, 6) is -2.02. The molecule has 96 valence electrons. The van der Waals surface area contributed by atoms with Crippen LogP contribution in [0.5, 0.6) is 0 Å². The van der Waals surface area contributed by atoms with E-state index in [9.17, 15) is 19.3 Å². The molecule has 1 fully saturated rings. The van der Waals surface area contributed by atoms with Crippen molar-refractivity contribution in [2.75, 3.05) is 5.32 Å². The summed E-state index contributed by atoms with van der Waals surface area (Å²) in [4.78, 5) is 21.0. The standard InChI is InChI=1S/C10H8ClFN2O4/c11-5-3-7(8(14(17)18)4-6(5)12)13-10(1-2-10)9(15)16/h3-4,13H,1-2H2,(H,15,16). The SMILES string of the molecule is O=C(O)C1(Nc2cc(Cl)c(F)cc2[N+](=O)[O-])CC1. The predicted octanol–water partition coefficient (Wildman–Crippen LogP) is 2.42. The predicted molar refractivity (Wildman–Crippen MR) is 61.3 cm³/mol. The fraction of sp³-hybridized carbons (Fsp3) is 0.300. The van der Waals surface area contributed by atoms with E-state index in [1.807, 2.05) is 0 Å². The van der Waals surface area contributed by atoms with Crippen molar-refractivity contribution >= 4 is 28.9 Å². The lowest BCUT2D eigenvalue weighted by molar-refractivity contribution is -0.384. The van der Waals surface area contributed by atoms with Gasteiger partial charge in [0.05, 0.1) is 16.0 Å². The average Bonchev–Trinajstić information content (AvgIpc) is 3.03. The van der Waals surface area contributed by atoms with Crippen LogP contribution in [-0.2, 0) is 4.79 Å². The van der Waals surface area contributed by atoms with Crippen LogP contribution in [0.25, 0.3) is 0 Å². The number of nitro benzene ring substituents is 1. The van der Waals surface area contributed by atoms with Gasteiger partial charge >= 0.3 is 5.97 Å². The molecule has 6 nitrogen and oxygen atoms in total. The molecule has 0 heterocycles. The maximum absolute atomic E-state index is 13.1. The lowest BCUT2D eigenvalue weighted by Gasteiger charge is -2.14. The number of rotatable bonds is 4. The van der Waals surface area contributed by atoms with E-state index in [4.69, 9.17) is 16.7 Å². The lowest BCUT2D eigenvalue weighted by atomic mass is 10.2. The van der Waals surface area contributed by atoms with Crippen molar-refractivity contribution in [1.82, 2.24) is 0 Å². The van der Waals surface area contributed by atoms with E-state index in [0.29, 0.717) is 18.9 Å². The molecule has 0 spiro atoms. The molecule has 0 unspecified atom stereocenters. The van der Waals surface area contributed by atoms with E-state index in [1.54, 1.807) is 0 Å². The summed E-state index contributed by atoms with van der Waals surface area (Å²) in [5.41, 5.74) is -1.83. The van der Waals surface area contributed by atoms with Crippen molar-refractivity contribution in [3.63, 3.8) is 0 Å². The van der Waals surface area contributed by atoms with Gasteiger partial charge in [0.2, 0.25) is 0 Å². The number of halogens is 2. The highest BCUT2D eigenvalue weighted by Crippen LogP contribution is 2.42. The lowest BCUT2D eigenvalue weighted by Crippen LogP contribution is -2.31. The second-order valence-electron chi connectivity index (χ2n) is 4.05. The number of hydrogen-bond donors (Lipinski definition) is 2. The van der Waals surface area contributed by atoms with Crippen LogP contribution in [-0.4, -0.2) is 21.5 Å². The third kappa shape index (κ3) is 2.08. The van der Waals surface area contributed by atoms with Gasteiger partial charge in [-0.15, -0.1) is 0 Å². The molecule has 1 saturated carbocycles. The minimum absolute atomic E-state index is 0.0914. The average molecular weight is 275 g/mol. The van der Waals surface area contributed by atoms with Crippen LogP contribution >= 0.6 is 11.6 Å². The Hall–Kier alpha value is -1.89. The number of nitrogens with zero attached hydrogens (tertiary/aromatic N) is 1. The zero-order chi connectivity index (χ0) is 13.5. The number of carbonyl (C=O) groups is 1. The van der Waals surface area contributed by atoms with Crippen molar-refractivity contribution in [3.8, 4) is 0 Å². The van der Waals surface area contributed by atoms with Gasteiger partial charge in [-0.1, -0.05) is 11.6 Å². The molecule has 1 aromatic rings. The van der Waals surface area contributed by atoms with Gasteiger partial charge in [0.25, 0.3) is 5.69 Å². The van der Waals surface area contributed by atoms with Crippen molar-refractivity contribution in [2.45, 2.75) is 18.4 Å². The highest BCUT2D eigenvalue weighted by atomic mass is 35.5. The van der Waals surface area contributed by atoms with Gasteiger partial charge in [0.1, 0.15) is 17.0 Å². The first kappa shape index (κ1) is 12.6. The van der Waals surface area contributed by atoms with Crippen LogP contribution in [0.2, 0.25) is 5.02 Å². The van der Waals surface area contributed by atoms with Crippen LogP contribution in [0, 0.1) is 15.9 Å². The van der Waals surface area contributed by atoms with Gasteiger partial charge in [-0.05, 0) is 18.9 Å². The largest absolute Gasteiger partial charge is 0.480 e. The molecule has 0 atom stereocenters. The van der Waals surface area contributed by atoms with Gasteiger partial charge in [-0.2, -0.15) is 0 Å². The molecule has 0 amide bonds. The molecule has 1 aliphatic rings. The second kappa shape index (κ2) is 4.09. The number of carboxylic acid groups (broad SMARTS) is 1. The summed E-state index contributed by atoms with van der Waals surface area (Å²) in [6.45, 7) is 0. The van der Waals surface area contributed by atoms with E-state index >= 15 is 0 Å². The van der Waals surface area contributed by atoms with E-state index in [1.165, 1.54) is 0 Å². The Morgan fingerprint density at radius 3 is 2.61 bits per heavy atom. The maximum Gasteiger partial charge on any atom is 0.329 e. The Kier molecular flexibility index (Phi) is 2.86. The molecule has 0 radical (unpaired) electrons. The van der Waals surface area contributed by atoms with Gasteiger partial charge in [-0.25, -0.2) is 9.18 Å². The molecule has 0 aromatic heterocycles. The molecule has 1 aliphatic carbocycles. The van der Waals surface area contributed by atoms with E-state index in [0.717, 1.165) is 6.07 Å². The highest BCUT2D eigenvalue weighted by molar-refractivity contribution is 6.31. The second-order valence-corrected chi connectivity index (χ2v) is 4.46. The number of nitrogens with one attached hydrogen (secondary N) is 1. The zero-order valence-electron chi connectivity index (χ0n) is 8.94. The summed E-state index contributed by atoms with van der Waals surface area (Å²) in [6, 6.07) is 1.70. The zero-order valence-corrected chi connectivity index (χ0v) is 9.70. The minimum Gasteiger partial charge on any atom is -0.480 e. The molecule has 2 N–H and O–H groups in total. The summed E-state index contributed by atoms with van der Waals surface area (Å²) in [6.07, 6.45) is 0.711. The van der Waals surface area contributed by atoms with E-state index in [-0.39, 0.29) is 10.7 Å². The summed E-state index contributed by atoms with van der Waals surface area (Å²) >= 11 is 5.53. The fourth-order valence-electron chi connectivity index (χ4n) is 1.56. The molecule has 8 heteroatoms. The molecule has 18 heavy (non-hydrogen) atoms. The number of hydrogen-bond acceptors (Lipinski definition) is 4. The first-order valence-corrected chi connectivity index (χ1v) is 5.38. The summed E-state index contributed by atoms with van der Waals surface area (Å²) < 4.78 is 13.1.